The van der Waals surface area contributed by atoms with Crippen molar-refractivity contribution in [3.05, 3.63) is 0 Å². The predicted molar refractivity (Wildman–Crippen MR) is 64.1 cm³/mol. The van der Waals surface area contributed by atoms with E-state index in [1.165, 1.54) is 0 Å². The summed E-state index contributed by atoms with van der Waals surface area (Å²) in [4.78, 5) is 32.6. The van der Waals surface area contributed by atoms with Gasteiger partial charge < -0.3 is 15.2 Å². The molecule has 3 N–H and O–H groups in total. The molecule has 0 atom stereocenters. The van der Waals surface area contributed by atoms with Gasteiger partial charge in [-0.05, 0) is 19.3 Å². The number of unbranched alkanes of at least 4 members (excludes halogenated alkanes) is 1. The molecule has 0 bridgehead atoms. The zero-order valence-electron chi connectivity index (χ0n) is 10.5. The van der Waals surface area contributed by atoms with Crippen LogP contribution in [0.25, 0.3) is 0 Å². The molecule has 0 radical (unpaired) electrons. The second kappa shape index (κ2) is 10.5. The van der Waals surface area contributed by atoms with Gasteiger partial charge >= 0.3 is 12.0 Å². The van der Waals surface area contributed by atoms with Crippen LogP contribution in [0.2, 0.25) is 0 Å². The Labute approximate surface area is 106 Å². The van der Waals surface area contributed by atoms with E-state index in [9.17, 15) is 14.4 Å². The quantitative estimate of drug-likeness (QED) is 0.523. The Bertz CT molecular complexity index is 281. The highest BCUT2D eigenvalue weighted by molar-refractivity contribution is 5.94. The van der Waals surface area contributed by atoms with Gasteiger partial charge in [-0.15, -0.1) is 0 Å². The third-order valence-electron chi connectivity index (χ3n) is 2.11. The number of hydrogen-bond acceptors (Lipinski definition) is 4. The van der Waals surface area contributed by atoms with Gasteiger partial charge in [-0.2, -0.15) is 0 Å². The fraction of sp³-hybridized carbons (Fsp3) is 0.727. The topological polar surface area (TPSA) is 105 Å². The lowest BCUT2D eigenvalue weighted by Gasteiger charge is -2.06. The van der Waals surface area contributed by atoms with Crippen LogP contribution in [0, 0.1) is 0 Å². The summed E-state index contributed by atoms with van der Waals surface area (Å²) in [6.07, 6.45) is 1.79. The Morgan fingerprint density at radius 2 is 1.83 bits per heavy atom. The summed E-state index contributed by atoms with van der Waals surface area (Å²) in [5.74, 6) is -1.42. The number of carbonyl (C=O) groups is 3. The Balaban J connectivity index is 3.49. The minimum atomic E-state index is -0.953. The van der Waals surface area contributed by atoms with E-state index in [2.05, 4.69) is 10.6 Å². The minimum Gasteiger partial charge on any atom is -0.481 e. The molecule has 104 valence electrons. The van der Waals surface area contributed by atoms with Crippen LogP contribution >= 0.6 is 0 Å². The molecule has 3 amide bonds. The second-order valence-electron chi connectivity index (χ2n) is 3.75. The van der Waals surface area contributed by atoms with Crippen LogP contribution in [0.3, 0.4) is 0 Å². The van der Waals surface area contributed by atoms with Crippen molar-refractivity contribution in [2.24, 2.45) is 0 Å². The summed E-state index contributed by atoms with van der Waals surface area (Å²) in [6.45, 7) is 1.11. The average Bonchev–Trinajstić information content (AvgIpc) is 2.28. The van der Waals surface area contributed by atoms with Crippen LogP contribution in [0.15, 0.2) is 0 Å². The first-order valence-corrected chi connectivity index (χ1v) is 5.84. The van der Waals surface area contributed by atoms with Crippen LogP contribution in [0.5, 0.6) is 0 Å². The number of carbonyl (C=O) groups excluding carboxylic acids is 2. The van der Waals surface area contributed by atoms with E-state index in [1.54, 1.807) is 7.11 Å². The van der Waals surface area contributed by atoms with E-state index in [1.807, 2.05) is 0 Å². The number of ether oxygens (including phenoxy) is 1. The van der Waals surface area contributed by atoms with E-state index >= 15 is 0 Å². The first-order valence-electron chi connectivity index (χ1n) is 5.84. The molecule has 18 heavy (non-hydrogen) atoms. The largest absolute Gasteiger partial charge is 0.481 e. The van der Waals surface area contributed by atoms with Crippen molar-refractivity contribution in [1.82, 2.24) is 10.6 Å². The number of carboxylic acid groups (broad SMARTS) is 1. The van der Waals surface area contributed by atoms with E-state index in [4.69, 9.17) is 9.84 Å². The zero-order valence-corrected chi connectivity index (χ0v) is 10.5. The molecule has 0 unspecified atom stereocenters. The smallest absolute Gasteiger partial charge is 0.321 e. The van der Waals surface area contributed by atoms with Gasteiger partial charge in [0.15, 0.2) is 0 Å². The molecule has 0 rings (SSSR count). The summed E-state index contributed by atoms with van der Waals surface area (Å²) < 4.78 is 4.85. The highest BCUT2D eigenvalue weighted by atomic mass is 16.5. The third kappa shape index (κ3) is 10.9. The van der Waals surface area contributed by atoms with Crippen LogP contribution in [0.4, 0.5) is 4.79 Å². The molecule has 0 aliphatic rings. The number of amides is 3. The first-order chi connectivity index (χ1) is 8.56. The maximum absolute atomic E-state index is 11.2. The Hall–Kier alpha value is -1.63. The fourth-order valence-corrected chi connectivity index (χ4v) is 1.21. The molecular weight excluding hydrogens is 240 g/mol. The summed E-state index contributed by atoms with van der Waals surface area (Å²) in [6, 6.07) is -0.548. The minimum absolute atomic E-state index is 0.0311. The lowest BCUT2D eigenvalue weighted by atomic mass is 10.2. The molecule has 0 aromatic heterocycles. The number of urea groups is 1. The normalized spacial score (nSPS) is 9.83. The van der Waals surface area contributed by atoms with Crippen LogP contribution in [0.1, 0.15) is 32.1 Å². The van der Waals surface area contributed by atoms with E-state index in [0.29, 0.717) is 13.2 Å². The van der Waals surface area contributed by atoms with E-state index in [0.717, 1.165) is 12.8 Å². The van der Waals surface area contributed by atoms with Crippen molar-refractivity contribution in [3.63, 3.8) is 0 Å². The molecule has 7 heteroatoms. The molecular formula is C11H20N2O5. The molecule has 0 heterocycles. The first kappa shape index (κ1) is 16.4. The van der Waals surface area contributed by atoms with Gasteiger partial charge in [0.1, 0.15) is 0 Å². The lowest BCUT2D eigenvalue weighted by molar-refractivity contribution is -0.137. The molecule has 0 aliphatic heterocycles. The maximum atomic E-state index is 11.2. The highest BCUT2D eigenvalue weighted by Gasteiger charge is 2.07. The van der Waals surface area contributed by atoms with Crippen molar-refractivity contribution in [2.45, 2.75) is 32.1 Å². The van der Waals surface area contributed by atoms with Crippen LogP contribution in [-0.2, 0) is 14.3 Å². The molecule has 0 fully saturated rings. The second-order valence-corrected chi connectivity index (χ2v) is 3.75. The monoisotopic (exact) mass is 260 g/mol. The van der Waals surface area contributed by atoms with Crippen molar-refractivity contribution in [1.29, 1.82) is 0 Å². The van der Waals surface area contributed by atoms with E-state index < -0.39 is 17.9 Å². The number of carboxylic acids is 1. The zero-order chi connectivity index (χ0) is 13.8. The number of hydrogen-bond donors (Lipinski definition) is 3. The molecule has 0 aromatic rings. The van der Waals surface area contributed by atoms with Gasteiger partial charge in [0.2, 0.25) is 5.91 Å². The summed E-state index contributed by atoms with van der Waals surface area (Å²) in [5.41, 5.74) is 0. The molecule has 0 aromatic carbocycles. The van der Waals surface area contributed by atoms with Gasteiger partial charge in [-0.3, -0.25) is 14.9 Å². The van der Waals surface area contributed by atoms with Crippen molar-refractivity contribution in [3.8, 4) is 0 Å². The molecule has 0 spiro atoms. The summed E-state index contributed by atoms with van der Waals surface area (Å²) >= 11 is 0. The van der Waals surface area contributed by atoms with Crippen LogP contribution < -0.4 is 10.6 Å². The van der Waals surface area contributed by atoms with Gasteiger partial charge in [-0.25, -0.2) is 4.79 Å². The van der Waals surface area contributed by atoms with Crippen molar-refractivity contribution >= 4 is 17.9 Å². The molecule has 0 saturated heterocycles. The molecule has 0 saturated carbocycles. The number of aliphatic carboxylic acids is 1. The number of rotatable bonds is 9. The third-order valence-corrected chi connectivity index (χ3v) is 2.11. The predicted octanol–water partition coefficient (Wildman–Crippen LogP) is 0.494. The van der Waals surface area contributed by atoms with Crippen molar-refractivity contribution < 1.29 is 24.2 Å². The Morgan fingerprint density at radius 1 is 1.11 bits per heavy atom. The van der Waals surface area contributed by atoms with Gasteiger partial charge in [-0.1, -0.05) is 0 Å². The van der Waals surface area contributed by atoms with E-state index in [-0.39, 0.29) is 19.3 Å². The van der Waals surface area contributed by atoms with Gasteiger partial charge in [0.25, 0.3) is 0 Å². The molecule has 0 aliphatic carbocycles. The maximum Gasteiger partial charge on any atom is 0.321 e. The Morgan fingerprint density at radius 3 is 2.44 bits per heavy atom. The summed E-state index contributed by atoms with van der Waals surface area (Å²) in [5, 5.41) is 13.0. The van der Waals surface area contributed by atoms with Gasteiger partial charge in [0.05, 0.1) is 0 Å². The summed E-state index contributed by atoms with van der Waals surface area (Å²) in [7, 11) is 1.61. The average molecular weight is 260 g/mol. The number of nitrogens with one attached hydrogen (secondary N) is 2. The van der Waals surface area contributed by atoms with Crippen LogP contribution in [-0.4, -0.2) is 43.3 Å². The Kier molecular flexibility index (Phi) is 9.57. The number of imide groups is 1. The standard InChI is InChI=1S/C11H20N2O5/c1-18-8-3-2-7-12-11(17)13-9(14)5-4-6-10(15)16/h2-8H2,1H3,(H,15,16)(H2,12,13,14,17). The fourth-order valence-electron chi connectivity index (χ4n) is 1.21. The number of methoxy groups -OCH3 is 1. The molecule has 7 nitrogen and oxygen atoms in total. The SMILES string of the molecule is COCCCCNC(=O)NC(=O)CCCC(=O)O. The van der Waals surface area contributed by atoms with Gasteiger partial charge in [0, 0.05) is 33.1 Å². The van der Waals surface area contributed by atoms with Crippen molar-refractivity contribution in [2.75, 3.05) is 20.3 Å². The lowest BCUT2D eigenvalue weighted by Crippen LogP contribution is -2.39. The highest BCUT2D eigenvalue weighted by Crippen LogP contribution is 1.94.